The Balaban J connectivity index is 2.42. The second-order valence-electron chi connectivity index (χ2n) is 5.71. The molecule has 0 spiro atoms. The Labute approximate surface area is 137 Å². The lowest BCUT2D eigenvalue weighted by atomic mass is 9.93. The van der Waals surface area contributed by atoms with Gasteiger partial charge in [0.25, 0.3) is 0 Å². The van der Waals surface area contributed by atoms with Gasteiger partial charge in [0.05, 0.1) is 11.7 Å². The second-order valence-corrected chi connectivity index (χ2v) is 7.89. The minimum Gasteiger partial charge on any atom is -0.307 e. The van der Waals surface area contributed by atoms with Gasteiger partial charge in [0.1, 0.15) is 5.01 Å². The topological polar surface area (TPSA) is 24.9 Å². The number of nitrogens with one attached hydrogen (secondary N) is 1. The number of aromatic nitrogens is 1. The molecule has 1 aromatic carbocycles. The maximum Gasteiger partial charge on any atom is 0.114 e. The minimum atomic E-state index is 0.0455. The first-order valence-electron chi connectivity index (χ1n) is 6.41. The maximum absolute atomic E-state index is 6.12. The first kappa shape index (κ1) is 16.0. The van der Waals surface area contributed by atoms with E-state index in [1.807, 2.05) is 25.2 Å². The van der Waals surface area contributed by atoms with E-state index < -0.39 is 0 Å². The molecule has 20 heavy (non-hydrogen) atoms. The summed E-state index contributed by atoms with van der Waals surface area (Å²) in [7, 11) is 1.94. The molecule has 1 atom stereocenters. The van der Waals surface area contributed by atoms with Crippen LogP contribution in [0.5, 0.6) is 0 Å². The number of hydrogen-bond acceptors (Lipinski definition) is 3. The summed E-state index contributed by atoms with van der Waals surface area (Å²) in [6.07, 6.45) is 0. The zero-order valence-electron chi connectivity index (χ0n) is 12.0. The van der Waals surface area contributed by atoms with E-state index in [9.17, 15) is 0 Å². The number of thiazole rings is 1. The van der Waals surface area contributed by atoms with Crippen LogP contribution in [0, 0.1) is 0 Å². The van der Waals surface area contributed by atoms with Crippen LogP contribution in [0.2, 0.25) is 5.02 Å². The van der Waals surface area contributed by atoms with Crippen molar-refractivity contribution in [2.24, 2.45) is 0 Å². The first-order chi connectivity index (χ1) is 9.32. The van der Waals surface area contributed by atoms with Gasteiger partial charge in [0.2, 0.25) is 0 Å². The minimum absolute atomic E-state index is 0.0455. The lowest BCUT2D eigenvalue weighted by Gasteiger charge is -2.17. The van der Waals surface area contributed by atoms with E-state index >= 15 is 0 Å². The van der Waals surface area contributed by atoms with Crippen LogP contribution in [-0.2, 0) is 5.41 Å². The predicted molar refractivity (Wildman–Crippen MR) is 90.9 cm³/mol. The molecule has 0 aliphatic rings. The normalized spacial score (nSPS) is 13.5. The second kappa shape index (κ2) is 6.14. The molecule has 2 aromatic rings. The largest absolute Gasteiger partial charge is 0.307 e. The molecule has 1 aromatic heterocycles. The summed E-state index contributed by atoms with van der Waals surface area (Å²) < 4.78 is 1.04. The molecule has 0 radical (unpaired) electrons. The third-order valence-corrected chi connectivity index (χ3v) is 4.96. The Hall–Kier alpha value is -0.420. The van der Waals surface area contributed by atoms with Crippen LogP contribution in [0.3, 0.4) is 0 Å². The summed E-state index contributed by atoms with van der Waals surface area (Å²) in [6.45, 7) is 6.53. The summed E-state index contributed by atoms with van der Waals surface area (Å²) in [6, 6.07) is 5.87. The Kier molecular flexibility index (Phi) is 4.90. The molecular formula is C15H18BrClN2S. The highest BCUT2D eigenvalue weighted by Gasteiger charge is 2.23. The monoisotopic (exact) mass is 372 g/mol. The highest BCUT2D eigenvalue weighted by Crippen LogP contribution is 2.34. The van der Waals surface area contributed by atoms with Crippen molar-refractivity contribution in [1.82, 2.24) is 10.3 Å². The van der Waals surface area contributed by atoms with Crippen LogP contribution in [0.1, 0.15) is 43.1 Å². The molecule has 2 rings (SSSR count). The van der Waals surface area contributed by atoms with Crippen LogP contribution in [0.4, 0.5) is 0 Å². The van der Waals surface area contributed by atoms with Gasteiger partial charge in [-0.05, 0) is 30.8 Å². The van der Waals surface area contributed by atoms with E-state index in [1.165, 1.54) is 0 Å². The van der Waals surface area contributed by atoms with Crippen molar-refractivity contribution in [1.29, 1.82) is 0 Å². The van der Waals surface area contributed by atoms with Gasteiger partial charge in [-0.3, -0.25) is 0 Å². The molecule has 1 unspecified atom stereocenters. The van der Waals surface area contributed by atoms with E-state index in [2.05, 4.69) is 47.4 Å². The summed E-state index contributed by atoms with van der Waals surface area (Å²) in [5, 5.41) is 7.25. The van der Waals surface area contributed by atoms with Crippen LogP contribution in [0.25, 0.3) is 0 Å². The van der Waals surface area contributed by atoms with Gasteiger partial charge in [-0.15, -0.1) is 11.3 Å². The molecule has 0 amide bonds. The van der Waals surface area contributed by atoms with Crippen molar-refractivity contribution in [2.45, 2.75) is 32.2 Å². The molecule has 1 heterocycles. The fourth-order valence-corrected chi connectivity index (χ4v) is 3.74. The molecule has 0 bridgehead atoms. The molecule has 2 nitrogen and oxygen atoms in total. The van der Waals surface area contributed by atoms with Crippen LogP contribution in [0.15, 0.2) is 28.1 Å². The van der Waals surface area contributed by atoms with Crippen molar-refractivity contribution >= 4 is 38.9 Å². The Bertz CT molecular complexity index is 604. The van der Waals surface area contributed by atoms with Gasteiger partial charge >= 0.3 is 0 Å². The van der Waals surface area contributed by atoms with E-state index in [1.54, 1.807) is 11.3 Å². The molecule has 0 saturated heterocycles. The number of nitrogens with zero attached hydrogens (tertiary/aromatic N) is 1. The molecule has 5 heteroatoms. The lowest BCUT2D eigenvalue weighted by Crippen LogP contribution is -2.19. The number of halogens is 2. The number of rotatable bonds is 3. The van der Waals surface area contributed by atoms with Crippen LogP contribution < -0.4 is 5.32 Å². The van der Waals surface area contributed by atoms with E-state index in [-0.39, 0.29) is 11.5 Å². The van der Waals surface area contributed by atoms with E-state index in [4.69, 9.17) is 16.6 Å². The zero-order valence-corrected chi connectivity index (χ0v) is 15.2. The van der Waals surface area contributed by atoms with Gasteiger partial charge in [-0.2, -0.15) is 0 Å². The number of hydrogen-bond donors (Lipinski definition) is 1. The van der Waals surface area contributed by atoms with Crippen molar-refractivity contribution in [3.63, 3.8) is 0 Å². The smallest absolute Gasteiger partial charge is 0.114 e. The molecule has 1 N–H and O–H groups in total. The number of benzene rings is 1. The van der Waals surface area contributed by atoms with Crippen molar-refractivity contribution in [2.75, 3.05) is 7.05 Å². The zero-order chi connectivity index (χ0) is 14.9. The lowest BCUT2D eigenvalue weighted by molar-refractivity contribution is 0.566. The Morgan fingerprint density at radius 2 is 2.05 bits per heavy atom. The molecule has 0 aliphatic carbocycles. The fraction of sp³-hybridized carbons (Fsp3) is 0.400. The summed E-state index contributed by atoms with van der Waals surface area (Å²) in [5.41, 5.74) is 2.30. The Morgan fingerprint density at radius 3 is 2.60 bits per heavy atom. The van der Waals surface area contributed by atoms with Crippen molar-refractivity contribution in [3.05, 3.63) is 49.3 Å². The molecule has 0 aliphatic heterocycles. The highest BCUT2D eigenvalue weighted by atomic mass is 79.9. The average Bonchev–Trinajstić information content (AvgIpc) is 2.84. The summed E-state index contributed by atoms with van der Waals surface area (Å²) >= 11 is 11.4. The fourth-order valence-electron chi connectivity index (χ4n) is 1.91. The SMILES string of the molecule is CNC(c1nc(C(C)(C)C)cs1)c1cc(Cl)ccc1Br. The van der Waals surface area contributed by atoms with E-state index in [0.29, 0.717) is 0 Å². The predicted octanol–water partition coefficient (Wildman–Crippen LogP) is 5.17. The third kappa shape index (κ3) is 3.42. The van der Waals surface area contributed by atoms with Crippen molar-refractivity contribution in [3.8, 4) is 0 Å². The standard InChI is InChI=1S/C15H18BrClN2S/c1-15(2,3)12-8-20-14(19-12)13(18-4)10-7-9(17)5-6-11(10)16/h5-8,13,18H,1-4H3. The first-order valence-corrected chi connectivity index (χ1v) is 8.46. The molecule has 0 fully saturated rings. The summed E-state index contributed by atoms with van der Waals surface area (Å²) in [5.74, 6) is 0. The molecule has 108 valence electrons. The highest BCUT2D eigenvalue weighted by molar-refractivity contribution is 9.10. The molecular weight excluding hydrogens is 356 g/mol. The van der Waals surface area contributed by atoms with Gasteiger partial charge in [-0.25, -0.2) is 4.98 Å². The van der Waals surface area contributed by atoms with Gasteiger partial charge in [0, 0.05) is 20.3 Å². The van der Waals surface area contributed by atoms with Crippen molar-refractivity contribution < 1.29 is 0 Å². The van der Waals surface area contributed by atoms with Crippen LogP contribution >= 0.6 is 38.9 Å². The van der Waals surface area contributed by atoms with Crippen LogP contribution in [-0.4, -0.2) is 12.0 Å². The Morgan fingerprint density at radius 1 is 1.35 bits per heavy atom. The van der Waals surface area contributed by atoms with Gasteiger partial charge in [0.15, 0.2) is 0 Å². The maximum atomic E-state index is 6.12. The quantitative estimate of drug-likeness (QED) is 0.803. The van der Waals surface area contributed by atoms with E-state index in [0.717, 1.165) is 25.8 Å². The third-order valence-electron chi connectivity index (χ3n) is 3.10. The summed E-state index contributed by atoms with van der Waals surface area (Å²) in [4.78, 5) is 4.79. The van der Waals surface area contributed by atoms with Gasteiger partial charge in [-0.1, -0.05) is 48.3 Å². The molecule has 0 saturated carbocycles. The van der Waals surface area contributed by atoms with Gasteiger partial charge < -0.3 is 5.32 Å². The average molecular weight is 374 g/mol.